The van der Waals surface area contributed by atoms with Crippen molar-refractivity contribution in [3.8, 4) is 11.1 Å². The molecule has 3 atom stereocenters. The van der Waals surface area contributed by atoms with Crippen LogP contribution in [0.25, 0.3) is 11.1 Å². The molecule has 0 spiro atoms. The minimum absolute atomic E-state index is 0.0512. The molecular weight excluding hydrogens is 474 g/mol. The lowest BCUT2D eigenvalue weighted by Gasteiger charge is -2.29. The summed E-state index contributed by atoms with van der Waals surface area (Å²) in [5.74, 6) is -3.95. The van der Waals surface area contributed by atoms with Crippen LogP contribution < -0.4 is 4.72 Å². The van der Waals surface area contributed by atoms with Gasteiger partial charge in [0.25, 0.3) is 11.8 Å². The molecule has 2 aromatic carbocycles. The van der Waals surface area contributed by atoms with Gasteiger partial charge in [0.2, 0.25) is 10.0 Å². The number of nitrogens with zero attached hydrogens (tertiary/aromatic N) is 1. The third-order valence-electron chi connectivity index (χ3n) is 5.98. The van der Waals surface area contributed by atoms with Crippen molar-refractivity contribution in [2.45, 2.75) is 43.4 Å². The minimum atomic E-state index is -3.94. The highest BCUT2D eigenvalue weighted by molar-refractivity contribution is 7.88. The summed E-state index contributed by atoms with van der Waals surface area (Å²) >= 11 is 6.10. The normalized spacial score (nSPS) is 24.8. The topological polar surface area (TPSA) is 75.7 Å². The SMILES string of the molecule is CS(=O)(=O)N[C@@H]1[C@H](Cc2cccc(-c3cccc(Cl)c3)c2)N(C(=O)[C@H]2CCCO2)CC1(F)F. The van der Waals surface area contributed by atoms with Gasteiger partial charge in [-0.2, -0.15) is 0 Å². The van der Waals surface area contributed by atoms with Crippen molar-refractivity contribution in [3.63, 3.8) is 0 Å². The lowest BCUT2D eigenvalue weighted by molar-refractivity contribution is -0.143. The molecule has 4 rings (SSSR count). The molecule has 10 heteroatoms. The quantitative estimate of drug-likeness (QED) is 0.661. The Morgan fingerprint density at radius 3 is 2.55 bits per heavy atom. The van der Waals surface area contributed by atoms with E-state index in [4.69, 9.17) is 16.3 Å². The van der Waals surface area contributed by atoms with E-state index in [1.807, 2.05) is 24.3 Å². The second-order valence-electron chi connectivity index (χ2n) is 8.58. The number of likely N-dealkylation sites (tertiary alicyclic amines) is 1. The smallest absolute Gasteiger partial charge is 0.283 e. The molecule has 1 amide bonds. The van der Waals surface area contributed by atoms with Gasteiger partial charge in [-0.25, -0.2) is 21.9 Å². The van der Waals surface area contributed by atoms with Gasteiger partial charge in [0.05, 0.1) is 18.8 Å². The molecule has 33 heavy (non-hydrogen) atoms. The van der Waals surface area contributed by atoms with E-state index < -0.39 is 46.6 Å². The van der Waals surface area contributed by atoms with Crippen molar-refractivity contribution in [2.24, 2.45) is 0 Å². The molecule has 0 radical (unpaired) electrons. The molecule has 2 aliphatic heterocycles. The van der Waals surface area contributed by atoms with Gasteiger partial charge in [0.15, 0.2) is 0 Å². The Hall–Kier alpha value is -2.07. The first-order chi connectivity index (χ1) is 15.5. The summed E-state index contributed by atoms with van der Waals surface area (Å²) in [6.07, 6.45) is 1.25. The Labute approximate surface area is 196 Å². The minimum Gasteiger partial charge on any atom is -0.368 e. The van der Waals surface area contributed by atoms with Crippen LogP contribution in [0.3, 0.4) is 0 Å². The molecule has 1 N–H and O–H groups in total. The fourth-order valence-electron chi connectivity index (χ4n) is 4.51. The number of sulfonamides is 1. The average Bonchev–Trinajstić information content (AvgIpc) is 3.35. The third-order valence-corrected chi connectivity index (χ3v) is 6.90. The van der Waals surface area contributed by atoms with Gasteiger partial charge in [-0.15, -0.1) is 0 Å². The summed E-state index contributed by atoms with van der Waals surface area (Å²) in [5.41, 5.74) is 2.39. The zero-order valence-corrected chi connectivity index (χ0v) is 19.6. The Kier molecular flexibility index (Phi) is 6.77. The van der Waals surface area contributed by atoms with E-state index in [0.29, 0.717) is 30.0 Å². The van der Waals surface area contributed by atoms with Crippen LogP contribution >= 0.6 is 11.6 Å². The Bertz CT molecular complexity index is 1140. The van der Waals surface area contributed by atoms with E-state index in [1.165, 1.54) is 0 Å². The maximum absolute atomic E-state index is 15.0. The number of ether oxygens (including phenoxy) is 1. The fourth-order valence-corrected chi connectivity index (χ4v) is 5.49. The Morgan fingerprint density at radius 1 is 1.21 bits per heavy atom. The van der Waals surface area contributed by atoms with Crippen molar-refractivity contribution in [3.05, 3.63) is 59.1 Å². The van der Waals surface area contributed by atoms with Gasteiger partial charge in [0.1, 0.15) is 12.1 Å². The van der Waals surface area contributed by atoms with E-state index in [1.54, 1.807) is 24.3 Å². The number of rotatable bonds is 6. The summed E-state index contributed by atoms with van der Waals surface area (Å²) in [6, 6.07) is 11.7. The molecule has 2 heterocycles. The first kappa shape index (κ1) is 24.1. The number of nitrogens with one attached hydrogen (secondary N) is 1. The van der Waals surface area contributed by atoms with Crippen LogP contribution in [0.2, 0.25) is 5.02 Å². The number of halogens is 3. The number of amides is 1. The lowest BCUT2D eigenvalue weighted by Crippen LogP contribution is -2.52. The van der Waals surface area contributed by atoms with E-state index in [0.717, 1.165) is 22.3 Å². The van der Waals surface area contributed by atoms with Crippen molar-refractivity contribution in [1.29, 1.82) is 0 Å². The van der Waals surface area contributed by atoms with E-state index in [9.17, 15) is 13.2 Å². The molecule has 2 aliphatic rings. The van der Waals surface area contributed by atoms with Crippen LogP contribution in [0.4, 0.5) is 8.78 Å². The third kappa shape index (κ3) is 5.54. The molecule has 0 bridgehead atoms. The standard InChI is InChI=1S/C23H25ClF2N2O4S/c1-33(30,31)27-21-19(28(14-23(21,25)26)22(29)20-9-4-10-32-20)12-15-5-2-6-16(11-15)17-7-3-8-18(24)13-17/h2-3,5-8,11,13,19-21,27H,4,9-10,12,14H2,1H3/t19-,20+,21+/m0/s1. The second-order valence-corrected chi connectivity index (χ2v) is 10.8. The van der Waals surface area contributed by atoms with Gasteiger partial charge >= 0.3 is 0 Å². The van der Waals surface area contributed by atoms with Crippen LogP contribution in [-0.4, -0.2) is 62.7 Å². The molecular formula is C23H25ClF2N2O4S. The van der Waals surface area contributed by atoms with Gasteiger partial charge in [0, 0.05) is 11.6 Å². The molecule has 0 aromatic heterocycles. The predicted molar refractivity (Wildman–Crippen MR) is 122 cm³/mol. The highest BCUT2D eigenvalue weighted by atomic mass is 35.5. The molecule has 6 nitrogen and oxygen atoms in total. The molecule has 2 saturated heterocycles. The summed E-state index contributed by atoms with van der Waals surface area (Å²) in [6.45, 7) is -0.463. The fraction of sp³-hybridized carbons (Fsp3) is 0.435. The highest BCUT2D eigenvalue weighted by Gasteiger charge is 2.57. The van der Waals surface area contributed by atoms with Gasteiger partial charge < -0.3 is 9.64 Å². The first-order valence-electron chi connectivity index (χ1n) is 10.7. The van der Waals surface area contributed by atoms with E-state index in [2.05, 4.69) is 4.72 Å². The maximum atomic E-state index is 15.0. The summed E-state index contributed by atoms with van der Waals surface area (Å²) in [4.78, 5) is 14.1. The van der Waals surface area contributed by atoms with Crippen LogP contribution in [0, 0.1) is 0 Å². The van der Waals surface area contributed by atoms with E-state index >= 15 is 8.78 Å². The number of hydrogen-bond acceptors (Lipinski definition) is 4. The molecule has 2 fully saturated rings. The summed E-state index contributed by atoms with van der Waals surface area (Å²) in [5, 5.41) is 0.569. The molecule has 0 aliphatic carbocycles. The van der Waals surface area contributed by atoms with Crippen LogP contribution in [-0.2, 0) is 26.0 Å². The predicted octanol–water partition coefficient (Wildman–Crippen LogP) is 3.49. The number of carbonyl (C=O) groups excluding carboxylic acids is 1. The van der Waals surface area contributed by atoms with Crippen LogP contribution in [0.5, 0.6) is 0 Å². The van der Waals surface area contributed by atoms with Gasteiger partial charge in [-0.3, -0.25) is 4.79 Å². The van der Waals surface area contributed by atoms with Gasteiger partial charge in [-0.1, -0.05) is 48.0 Å². The number of benzene rings is 2. The van der Waals surface area contributed by atoms with Crippen molar-refractivity contribution in [2.75, 3.05) is 19.4 Å². The first-order valence-corrected chi connectivity index (χ1v) is 12.9. The maximum Gasteiger partial charge on any atom is 0.283 e. The number of alkyl halides is 2. The van der Waals surface area contributed by atoms with E-state index in [-0.39, 0.29) is 6.42 Å². The summed E-state index contributed by atoms with van der Waals surface area (Å²) < 4.78 is 61.3. The van der Waals surface area contributed by atoms with Crippen molar-refractivity contribution < 1.29 is 26.7 Å². The van der Waals surface area contributed by atoms with Crippen molar-refractivity contribution >= 4 is 27.5 Å². The molecule has 2 aromatic rings. The zero-order chi connectivity index (χ0) is 23.8. The molecule has 178 valence electrons. The molecule has 0 unspecified atom stereocenters. The van der Waals surface area contributed by atoms with Crippen LogP contribution in [0.1, 0.15) is 18.4 Å². The second kappa shape index (κ2) is 9.29. The monoisotopic (exact) mass is 498 g/mol. The Morgan fingerprint density at radius 2 is 1.91 bits per heavy atom. The van der Waals surface area contributed by atoms with Crippen molar-refractivity contribution in [1.82, 2.24) is 9.62 Å². The average molecular weight is 499 g/mol. The number of hydrogen-bond donors (Lipinski definition) is 1. The summed E-state index contributed by atoms with van der Waals surface area (Å²) in [7, 11) is -3.94. The lowest BCUT2D eigenvalue weighted by atomic mass is 9.96. The zero-order valence-electron chi connectivity index (χ0n) is 18.0. The largest absolute Gasteiger partial charge is 0.368 e. The van der Waals surface area contributed by atoms with Crippen LogP contribution in [0.15, 0.2) is 48.5 Å². The number of carbonyl (C=O) groups is 1. The molecule has 0 saturated carbocycles. The van der Waals surface area contributed by atoms with Gasteiger partial charge in [-0.05, 0) is 48.1 Å². The Balaban J connectivity index is 1.67. The highest BCUT2D eigenvalue weighted by Crippen LogP contribution is 2.36.